The number of hydrogen-bond acceptors (Lipinski definition) is 5. The van der Waals surface area contributed by atoms with Crippen LogP contribution in [0.3, 0.4) is 0 Å². The summed E-state index contributed by atoms with van der Waals surface area (Å²) in [5.74, 6) is -1.92. The summed E-state index contributed by atoms with van der Waals surface area (Å²) in [6.07, 6.45) is 1.36. The first-order valence-electron chi connectivity index (χ1n) is 13.1. The second kappa shape index (κ2) is 11.3. The molecular formula is C34H30N4O3. The predicted molar refractivity (Wildman–Crippen MR) is 163 cm³/mol. The van der Waals surface area contributed by atoms with Crippen LogP contribution in [0, 0.1) is 0 Å². The number of phenols is 1. The molecule has 0 aromatic heterocycles. The number of rotatable bonds is 8. The van der Waals surface area contributed by atoms with E-state index >= 15 is 0 Å². The molecule has 5 rings (SSSR count). The maximum Gasteiger partial charge on any atom is 0.253 e. The Labute approximate surface area is 238 Å². The van der Waals surface area contributed by atoms with E-state index in [1.165, 1.54) is 6.07 Å². The van der Waals surface area contributed by atoms with Crippen molar-refractivity contribution in [1.29, 1.82) is 0 Å². The molecule has 0 fully saturated rings. The summed E-state index contributed by atoms with van der Waals surface area (Å²) in [5, 5.41) is 11.3. The second-order valence-electron chi connectivity index (χ2n) is 10.0. The van der Waals surface area contributed by atoms with Gasteiger partial charge in [-0.1, -0.05) is 72.8 Å². The molecular weight excluding hydrogens is 512 g/mol. The Bertz CT molecular complexity index is 1730. The van der Waals surface area contributed by atoms with Gasteiger partial charge in [0.2, 0.25) is 5.91 Å². The van der Waals surface area contributed by atoms with Crippen molar-refractivity contribution in [2.45, 2.75) is 12.8 Å². The molecule has 0 aliphatic carbocycles. The summed E-state index contributed by atoms with van der Waals surface area (Å²) < 4.78 is 0. The van der Waals surface area contributed by atoms with E-state index in [9.17, 15) is 14.7 Å². The lowest BCUT2D eigenvalue weighted by Crippen LogP contribution is -2.19. The molecule has 0 aliphatic rings. The first-order chi connectivity index (χ1) is 19.7. The van der Waals surface area contributed by atoms with Crippen molar-refractivity contribution in [1.82, 2.24) is 0 Å². The fourth-order valence-corrected chi connectivity index (χ4v) is 4.96. The van der Waals surface area contributed by atoms with Gasteiger partial charge >= 0.3 is 0 Å². The standard InChI is InChI=1S/C34H30N4O3/c35-26-13-5-22(6-14-26)17-20-1-9-24(10-2-20)28-19-29(33(37)40)30(31(32(28)39)34(38)41)25-11-3-21(4-12-25)18-23-7-15-27(36)16-8-23/h1-16,19,39H,17-18,35-36H2,(H2,37,40)(H2,38,41). The number of carbonyl (C=O) groups excluding carboxylic acids is 2. The molecule has 7 nitrogen and oxygen atoms in total. The Morgan fingerprint density at radius 3 is 1.34 bits per heavy atom. The van der Waals surface area contributed by atoms with Crippen molar-refractivity contribution < 1.29 is 14.7 Å². The number of carbonyl (C=O) groups is 2. The van der Waals surface area contributed by atoms with E-state index < -0.39 is 11.8 Å². The summed E-state index contributed by atoms with van der Waals surface area (Å²) in [6.45, 7) is 0. The minimum Gasteiger partial charge on any atom is -0.506 e. The van der Waals surface area contributed by atoms with E-state index in [1.54, 1.807) is 12.1 Å². The Kier molecular flexibility index (Phi) is 7.43. The number of nitrogens with two attached hydrogens (primary N) is 4. The second-order valence-corrected chi connectivity index (χ2v) is 10.0. The van der Waals surface area contributed by atoms with Gasteiger partial charge in [-0.15, -0.1) is 0 Å². The van der Waals surface area contributed by atoms with Crippen molar-refractivity contribution in [2.24, 2.45) is 11.5 Å². The van der Waals surface area contributed by atoms with Crippen molar-refractivity contribution in [3.05, 3.63) is 137 Å². The first kappa shape index (κ1) is 27.0. The van der Waals surface area contributed by atoms with Gasteiger partial charge in [0.15, 0.2) is 0 Å². The maximum absolute atomic E-state index is 12.7. The monoisotopic (exact) mass is 542 g/mol. The van der Waals surface area contributed by atoms with Crippen LogP contribution in [0.2, 0.25) is 0 Å². The lowest BCUT2D eigenvalue weighted by Gasteiger charge is -2.17. The highest BCUT2D eigenvalue weighted by molar-refractivity contribution is 6.12. The van der Waals surface area contributed by atoms with Gasteiger partial charge in [-0.3, -0.25) is 9.59 Å². The topological polar surface area (TPSA) is 158 Å². The van der Waals surface area contributed by atoms with Crippen molar-refractivity contribution in [3.8, 4) is 28.0 Å². The van der Waals surface area contributed by atoms with Crippen LogP contribution in [0.25, 0.3) is 22.3 Å². The third-order valence-electron chi connectivity index (χ3n) is 7.10. The fraction of sp³-hybridized carbons (Fsp3) is 0.0588. The van der Waals surface area contributed by atoms with E-state index in [0.29, 0.717) is 35.3 Å². The van der Waals surface area contributed by atoms with E-state index in [-0.39, 0.29) is 28.0 Å². The first-order valence-corrected chi connectivity index (χ1v) is 13.1. The van der Waals surface area contributed by atoms with E-state index in [4.69, 9.17) is 22.9 Å². The van der Waals surface area contributed by atoms with Crippen LogP contribution in [-0.4, -0.2) is 16.9 Å². The van der Waals surface area contributed by atoms with Crippen LogP contribution in [-0.2, 0) is 12.8 Å². The Hall–Kier alpha value is -5.56. The Morgan fingerprint density at radius 2 is 0.951 bits per heavy atom. The highest BCUT2D eigenvalue weighted by Crippen LogP contribution is 2.41. The molecule has 5 aromatic rings. The molecule has 0 heterocycles. The zero-order valence-corrected chi connectivity index (χ0v) is 22.3. The summed E-state index contributed by atoms with van der Waals surface area (Å²) >= 11 is 0. The Morgan fingerprint density at radius 1 is 0.561 bits per heavy atom. The molecule has 0 saturated carbocycles. The molecule has 0 atom stereocenters. The normalized spacial score (nSPS) is 10.8. The number of hydrogen-bond donors (Lipinski definition) is 5. The third-order valence-corrected chi connectivity index (χ3v) is 7.10. The van der Waals surface area contributed by atoms with Crippen LogP contribution in [0.4, 0.5) is 11.4 Å². The zero-order valence-electron chi connectivity index (χ0n) is 22.3. The van der Waals surface area contributed by atoms with E-state index in [0.717, 1.165) is 22.3 Å². The summed E-state index contributed by atoms with van der Waals surface area (Å²) in [4.78, 5) is 25.3. The van der Waals surface area contributed by atoms with Gasteiger partial charge in [-0.25, -0.2) is 0 Å². The molecule has 41 heavy (non-hydrogen) atoms. The molecule has 0 radical (unpaired) electrons. The van der Waals surface area contributed by atoms with Gasteiger partial charge < -0.3 is 28.0 Å². The average molecular weight is 543 g/mol. The number of aromatic hydroxyl groups is 1. The van der Waals surface area contributed by atoms with Crippen LogP contribution in [0.1, 0.15) is 43.0 Å². The van der Waals surface area contributed by atoms with Crippen molar-refractivity contribution >= 4 is 23.2 Å². The number of nitrogen functional groups attached to an aromatic ring is 2. The summed E-state index contributed by atoms with van der Waals surface area (Å²) in [6, 6.07) is 31.6. The van der Waals surface area contributed by atoms with Gasteiger partial charge in [0, 0.05) is 28.1 Å². The molecule has 5 aromatic carbocycles. The molecule has 9 N–H and O–H groups in total. The molecule has 0 unspecified atom stereocenters. The SMILES string of the molecule is NC(=O)c1cc(-c2ccc(Cc3ccc(N)cc3)cc2)c(O)c(C(N)=O)c1-c1ccc(Cc2ccc(N)cc2)cc1. The number of primary amides is 2. The minimum absolute atomic E-state index is 0.0869. The predicted octanol–water partition coefficient (Wildman–Crippen LogP) is 5.27. The third kappa shape index (κ3) is 5.89. The lowest BCUT2D eigenvalue weighted by molar-refractivity contribution is 0.0997. The van der Waals surface area contributed by atoms with Crippen molar-refractivity contribution in [3.63, 3.8) is 0 Å². The molecule has 0 spiro atoms. The van der Waals surface area contributed by atoms with Gasteiger partial charge in [-0.2, -0.15) is 0 Å². The number of anilines is 2. The highest BCUT2D eigenvalue weighted by atomic mass is 16.3. The molecule has 7 heteroatoms. The zero-order chi connectivity index (χ0) is 29.1. The smallest absolute Gasteiger partial charge is 0.253 e. The Balaban J connectivity index is 1.51. The van der Waals surface area contributed by atoms with Gasteiger partial charge in [-0.05, 0) is 76.6 Å². The van der Waals surface area contributed by atoms with Crippen LogP contribution < -0.4 is 22.9 Å². The molecule has 2 amide bonds. The van der Waals surface area contributed by atoms with Gasteiger partial charge in [0.25, 0.3) is 5.91 Å². The molecule has 0 bridgehead atoms. The molecule has 204 valence electrons. The molecule has 0 saturated heterocycles. The van der Waals surface area contributed by atoms with Gasteiger partial charge in [0.05, 0.1) is 5.56 Å². The largest absolute Gasteiger partial charge is 0.506 e. The number of amides is 2. The van der Waals surface area contributed by atoms with E-state index in [2.05, 4.69) is 0 Å². The summed E-state index contributed by atoms with van der Waals surface area (Å²) in [5.41, 5.74) is 30.3. The molecule has 0 aliphatic heterocycles. The quantitative estimate of drug-likeness (QED) is 0.169. The van der Waals surface area contributed by atoms with Crippen LogP contribution in [0.15, 0.2) is 103 Å². The average Bonchev–Trinajstić information content (AvgIpc) is 2.96. The van der Waals surface area contributed by atoms with Crippen LogP contribution in [0.5, 0.6) is 5.75 Å². The lowest BCUT2D eigenvalue weighted by atomic mass is 9.87. The van der Waals surface area contributed by atoms with Gasteiger partial charge in [0.1, 0.15) is 5.75 Å². The highest BCUT2D eigenvalue weighted by Gasteiger charge is 2.25. The maximum atomic E-state index is 12.7. The fourth-order valence-electron chi connectivity index (χ4n) is 4.96. The minimum atomic E-state index is -0.868. The van der Waals surface area contributed by atoms with Crippen molar-refractivity contribution in [2.75, 3.05) is 11.5 Å². The van der Waals surface area contributed by atoms with Crippen LogP contribution >= 0.6 is 0 Å². The summed E-state index contributed by atoms with van der Waals surface area (Å²) in [7, 11) is 0. The number of benzene rings is 5. The van der Waals surface area contributed by atoms with E-state index in [1.807, 2.05) is 84.9 Å².